The number of carbonyl (C=O) groups is 4. The third-order valence-corrected chi connectivity index (χ3v) is 7.28. The molecule has 3 amide bonds. The van der Waals surface area contributed by atoms with Crippen LogP contribution in [-0.2, 0) is 9.53 Å². The number of hydrogen-bond donors (Lipinski definition) is 1. The number of hydrogen-bond acceptors (Lipinski definition) is 5. The number of imide groups is 1. The van der Waals surface area contributed by atoms with Crippen molar-refractivity contribution < 1.29 is 23.9 Å². The quantitative estimate of drug-likeness (QED) is 0.459. The van der Waals surface area contributed by atoms with Gasteiger partial charge in [0.2, 0.25) is 0 Å². The van der Waals surface area contributed by atoms with Crippen LogP contribution in [0.4, 0.5) is 5.69 Å². The molecular weight excluding hydrogens is 488 g/mol. The van der Waals surface area contributed by atoms with Gasteiger partial charge in [-0.25, -0.2) is 4.79 Å². The zero-order valence-electron chi connectivity index (χ0n) is 18.6. The molecule has 0 radical (unpaired) electrons. The number of ether oxygens (including phenoxy) is 1. The second-order valence-corrected chi connectivity index (χ2v) is 9.36. The first kappa shape index (κ1) is 23.2. The molecule has 0 saturated heterocycles. The van der Waals surface area contributed by atoms with Crippen LogP contribution in [-0.4, -0.2) is 41.2 Å². The van der Waals surface area contributed by atoms with Gasteiger partial charge in [-0.3, -0.25) is 19.3 Å². The Morgan fingerprint density at radius 1 is 1.00 bits per heavy atom. The minimum atomic E-state index is -0.729. The fourth-order valence-corrected chi connectivity index (χ4v) is 4.81. The van der Waals surface area contributed by atoms with Gasteiger partial charge in [0.1, 0.15) is 0 Å². The molecule has 1 aliphatic heterocycles. The van der Waals surface area contributed by atoms with Gasteiger partial charge < -0.3 is 10.1 Å². The largest absolute Gasteiger partial charge is 0.452 e. The Labute approximate surface area is 200 Å². The minimum Gasteiger partial charge on any atom is -0.452 e. The average Bonchev–Trinajstić information content (AvgIpc) is 3.07. The van der Waals surface area contributed by atoms with Gasteiger partial charge in [-0.2, -0.15) is 0 Å². The monoisotopic (exact) mass is 512 g/mol. The van der Waals surface area contributed by atoms with E-state index >= 15 is 0 Å². The van der Waals surface area contributed by atoms with Crippen molar-refractivity contribution in [2.75, 3.05) is 11.9 Å². The maximum atomic E-state index is 12.9. The first-order valence-electron chi connectivity index (χ1n) is 11.0. The molecule has 0 aromatic heterocycles. The lowest BCUT2D eigenvalue weighted by molar-refractivity contribution is -0.119. The predicted molar refractivity (Wildman–Crippen MR) is 126 cm³/mol. The molecule has 7 nitrogen and oxygen atoms in total. The molecule has 1 aliphatic carbocycles. The highest BCUT2D eigenvalue weighted by atomic mass is 79.9. The topological polar surface area (TPSA) is 92.8 Å². The Hall–Kier alpha value is -3.00. The van der Waals surface area contributed by atoms with Crippen LogP contribution in [0.2, 0.25) is 0 Å². The maximum Gasteiger partial charge on any atom is 0.338 e. The summed E-state index contributed by atoms with van der Waals surface area (Å²) in [6, 6.07) is 7.85. The first-order valence-corrected chi connectivity index (χ1v) is 11.8. The highest BCUT2D eigenvalue weighted by molar-refractivity contribution is 9.10. The summed E-state index contributed by atoms with van der Waals surface area (Å²) in [5.41, 5.74) is 3.20. The van der Waals surface area contributed by atoms with Crippen LogP contribution >= 0.6 is 15.9 Å². The summed E-state index contributed by atoms with van der Waals surface area (Å²) >= 11 is 3.45. The second-order valence-electron chi connectivity index (χ2n) is 8.50. The lowest BCUT2D eigenvalue weighted by Gasteiger charge is -2.29. The van der Waals surface area contributed by atoms with E-state index in [2.05, 4.69) is 21.2 Å². The number of carbonyl (C=O) groups excluding carboxylic acids is 4. The fourth-order valence-electron chi connectivity index (χ4n) is 4.38. The molecule has 0 unspecified atom stereocenters. The van der Waals surface area contributed by atoms with E-state index in [4.69, 9.17) is 4.74 Å². The van der Waals surface area contributed by atoms with Crippen molar-refractivity contribution >= 4 is 45.3 Å². The Bertz CT molecular complexity index is 1150. The molecule has 0 bridgehead atoms. The molecule has 0 atom stereocenters. The number of nitrogens with one attached hydrogen (secondary N) is 1. The van der Waals surface area contributed by atoms with Crippen LogP contribution < -0.4 is 5.32 Å². The molecule has 1 heterocycles. The molecule has 1 N–H and O–H groups in total. The number of nitrogens with zero attached hydrogens (tertiary/aromatic N) is 1. The lowest BCUT2D eigenvalue weighted by Crippen LogP contribution is -2.40. The van der Waals surface area contributed by atoms with Crippen molar-refractivity contribution in [2.45, 2.75) is 52.0 Å². The average molecular weight is 513 g/mol. The predicted octanol–water partition coefficient (Wildman–Crippen LogP) is 4.79. The van der Waals surface area contributed by atoms with Crippen molar-refractivity contribution in [3.05, 3.63) is 62.6 Å². The van der Waals surface area contributed by atoms with Crippen LogP contribution in [0.15, 0.2) is 34.8 Å². The molecule has 33 heavy (non-hydrogen) atoms. The minimum absolute atomic E-state index is 0.0871. The summed E-state index contributed by atoms with van der Waals surface area (Å²) < 4.78 is 6.09. The smallest absolute Gasteiger partial charge is 0.338 e. The maximum absolute atomic E-state index is 12.9. The molecule has 8 heteroatoms. The Morgan fingerprint density at radius 3 is 2.42 bits per heavy atom. The highest BCUT2D eigenvalue weighted by Gasteiger charge is 2.40. The Balaban J connectivity index is 1.41. The third kappa shape index (κ3) is 4.57. The Morgan fingerprint density at radius 2 is 1.70 bits per heavy atom. The molecule has 1 saturated carbocycles. The van der Waals surface area contributed by atoms with Crippen molar-refractivity contribution in [3.63, 3.8) is 0 Å². The van der Waals surface area contributed by atoms with E-state index in [1.165, 1.54) is 23.1 Å². The zero-order valence-corrected chi connectivity index (χ0v) is 20.2. The molecule has 0 spiro atoms. The van der Waals surface area contributed by atoms with E-state index in [9.17, 15) is 19.2 Å². The molecule has 1 fully saturated rings. The molecule has 172 valence electrons. The van der Waals surface area contributed by atoms with Gasteiger partial charge in [-0.05, 0) is 68.1 Å². The summed E-state index contributed by atoms with van der Waals surface area (Å²) in [6.07, 6.45) is 4.73. The number of fused-ring (bicyclic) bond motifs is 1. The zero-order chi connectivity index (χ0) is 23.7. The summed E-state index contributed by atoms with van der Waals surface area (Å²) in [6.45, 7) is 3.36. The number of amides is 3. The van der Waals surface area contributed by atoms with Crippen LogP contribution in [0.5, 0.6) is 0 Å². The number of rotatable bonds is 5. The SMILES string of the molecule is Cc1c(Br)ccc(NC(=O)COC(=O)c2ccc3c(c2)C(=O)N(C2CCCCC2)C3=O)c1C. The standard InChI is InChI=1S/C25H25BrN2O5/c1-14-15(2)21(11-10-20(14)26)27-22(29)13-33-25(32)16-8-9-18-19(12-16)24(31)28(23(18)30)17-6-4-3-5-7-17/h8-12,17H,3-7,13H2,1-2H3,(H,27,29). The summed E-state index contributed by atoms with van der Waals surface area (Å²) in [7, 11) is 0. The van der Waals surface area contributed by atoms with E-state index < -0.39 is 18.5 Å². The van der Waals surface area contributed by atoms with E-state index in [0.717, 1.165) is 47.7 Å². The van der Waals surface area contributed by atoms with Gasteiger partial charge in [-0.15, -0.1) is 0 Å². The third-order valence-electron chi connectivity index (χ3n) is 6.42. The van der Waals surface area contributed by atoms with Gasteiger partial charge in [-0.1, -0.05) is 35.2 Å². The van der Waals surface area contributed by atoms with E-state index in [0.29, 0.717) is 11.3 Å². The van der Waals surface area contributed by atoms with E-state index in [1.54, 1.807) is 6.07 Å². The molecule has 2 aliphatic rings. The van der Waals surface area contributed by atoms with Gasteiger partial charge >= 0.3 is 5.97 Å². The number of esters is 1. The lowest BCUT2D eigenvalue weighted by atomic mass is 9.94. The molecule has 2 aromatic rings. The number of halogens is 1. The van der Waals surface area contributed by atoms with Gasteiger partial charge in [0.25, 0.3) is 17.7 Å². The van der Waals surface area contributed by atoms with E-state index in [1.807, 2.05) is 19.9 Å². The van der Waals surface area contributed by atoms with Crippen LogP contribution in [0, 0.1) is 13.8 Å². The normalized spacial score (nSPS) is 16.0. The van der Waals surface area contributed by atoms with Crippen LogP contribution in [0.1, 0.15) is 74.3 Å². The number of anilines is 1. The fraction of sp³-hybridized carbons (Fsp3) is 0.360. The Kier molecular flexibility index (Phi) is 6.65. The first-order chi connectivity index (χ1) is 15.8. The molecular formula is C25H25BrN2O5. The van der Waals surface area contributed by atoms with Gasteiger partial charge in [0.15, 0.2) is 6.61 Å². The van der Waals surface area contributed by atoms with Gasteiger partial charge in [0.05, 0.1) is 16.7 Å². The highest BCUT2D eigenvalue weighted by Crippen LogP contribution is 2.31. The summed E-state index contributed by atoms with van der Waals surface area (Å²) in [4.78, 5) is 51.9. The van der Waals surface area contributed by atoms with Crippen molar-refractivity contribution in [1.82, 2.24) is 4.90 Å². The second kappa shape index (κ2) is 9.47. The summed E-state index contributed by atoms with van der Waals surface area (Å²) in [5, 5.41) is 2.74. The summed E-state index contributed by atoms with van der Waals surface area (Å²) in [5.74, 6) is -1.87. The number of benzene rings is 2. The van der Waals surface area contributed by atoms with Gasteiger partial charge in [0, 0.05) is 16.2 Å². The van der Waals surface area contributed by atoms with Crippen LogP contribution in [0.25, 0.3) is 0 Å². The molecule has 4 rings (SSSR count). The van der Waals surface area contributed by atoms with Crippen molar-refractivity contribution in [2.24, 2.45) is 0 Å². The van der Waals surface area contributed by atoms with E-state index in [-0.39, 0.29) is 29.0 Å². The molecule has 2 aromatic carbocycles. The van der Waals surface area contributed by atoms with Crippen LogP contribution in [0.3, 0.4) is 0 Å². The van der Waals surface area contributed by atoms with Crippen molar-refractivity contribution in [3.8, 4) is 0 Å². The van der Waals surface area contributed by atoms with Crippen molar-refractivity contribution in [1.29, 1.82) is 0 Å².